The zero-order valence-electron chi connectivity index (χ0n) is 12.4. The summed E-state index contributed by atoms with van der Waals surface area (Å²) in [5.41, 5.74) is 3.93. The molecular formula is C22H13S-. The first-order chi connectivity index (χ1) is 11.3. The summed E-state index contributed by atoms with van der Waals surface area (Å²) in [5.74, 6) is 12.6. The van der Waals surface area contributed by atoms with Crippen molar-refractivity contribution in [2.45, 2.75) is 4.90 Å². The van der Waals surface area contributed by atoms with E-state index in [1.54, 1.807) is 0 Å². The molecule has 0 saturated heterocycles. The van der Waals surface area contributed by atoms with Crippen molar-refractivity contribution in [2.75, 3.05) is 0 Å². The second-order valence-corrected chi connectivity index (χ2v) is 5.44. The summed E-state index contributed by atoms with van der Waals surface area (Å²) in [6.45, 7) is 0. The molecule has 0 nitrogen and oxygen atoms in total. The van der Waals surface area contributed by atoms with Crippen molar-refractivity contribution in [1.82, 2.24) is 0 Å². The first-order valence-corrected chi connectivity index (χ1v) is 7.67. The van der Waals surface area contributed by atoms with Crippen molar-refractivity contribution in [3.63, 3.8) is 0 Å². The van der Waals surface area contributed by atoms with Gasteiger partial charge in [-0.3, -0.25) is 0 Å². The van der Waals surface area contributed by atoms with Crippen LogP contribution in [-0.2, 0) is 12.6 Å². The van der Waals surface area contributed by atoms with Gasteiger partial charge in [0.05, 0.1) is 0 Å². The third kappa shape index (κ3) is 4.48. The average molecular weight is 309 g/mol. The lowest BCUT2D eigenvalue weighted by atomic mass is 10.1. The molecule has 0 N–H and O–H groups in total. The first kappa shape index (κ1) is 14.9. The summed E-state index contributed by atoms with van der Waals surface area (Å²) in [6.07, 6.45) is 0. The number of hydrogen-bond donors (Lipinski definition) is 0. The van der Waals surface area contributed by atoms with Gasteiger partial charge in [-0.2, -0.15) is 4.90 Å². The van der Waals surface area contributed by atoms with Crippen LogP contribution in [0.5, 0.6) is 0 Å². The quantitative estimate of drug-likeness (QED) is 0.438. The van der Waals surface area contributed by atoms with Gasteiger partial charge in [-0.15, -0.1) is 0 Å². The molecule has 0 atom stereocenters. The highest BCUT2D eigenvalue weighted by Gasteiger charge is 1.89. The molecule has 0 aliphatic carbocycles. The van der Waals surface area contributed by atoms with Gasteiger partial charge in [-0.05, 0) is 48.5 Å². The lowest BCUT2D eigenvalue weighted by Gasteiger charge is -2.02. The topological polar surface area (TPSA) is 0 Å². The van der Waals surface area contributed by atoms with Crippen LogP contribution in [0.4, 0.5) is 0 Å². The molecule has 0 radical (unpaired) electrons. The molecule has 0 aliphatic heterocycles. The molecule has 3 aromatic carbocycles. The van der Waals surface area contributed by atoms with E-state index < -0.39 is 0 Å². The standard InChI is InChI=1S/C22H14S/c23-22-16-14-21(15-17-22)13-12-20-10-8-19(9-11-20)7-6-18-4-2-1-3-5-18/h1-5,8-11,14-17,23H/p-1. The molecule has 3 aromatic rings. The fraction of sp³-hybridized carbons (Fsp3) is 0. The summed E-state index contributed by atoms with van der Waals surface area (Å²) in [6, 6.07) is 25.6. The van der Waals surface area contributed by atoms with Gasteiger partial charge in [0.15, 0.2) is 0 Å². The summed E-state index contributed by atoms with van der Waals surface area (Å²) in [7, 11) is 0. The molecule has 3 rings (SSSR count). The largest absolute Gasteiger partial charge is 0.780 e. The summed E-state index contributed by atoms with van der Waals surface area (Å²) in [5, 5.41) is 0. The predicted octanol–water partition coefficient (Wildman–Crippen LogP) is 4.39. The smallest absolute Gasteiger partial charge is 0.0249 e. The van der Waals surface area contributed by atoms with Crippen molar-refractivity contribution in [1.29, 1.82) is 0 Å². The van der Waals surface area contributed by atoms with E-state index in [9.17, 15) is 0 Å². The normalized spacial score (nSPS) is 9.22. The molecular weight excluding hydrogens is 296 g/mol. The average Bonchev–Trinajstić information content (AvgIpc) is 2.61. The molecule has 0 saturated carbocycles. The minimum absolute atomic E-state index is 0.830. The lowest BCUT2D eigenvalue weighted by Crippen LogP contribution is -1.79. The van der Waals surface area contributed by atoms with Crippen molar-refractivity contribution in [3.05, 3.63) is 101 Å². The van der Waals surface area contributed by atoms with E-state index >= 15 is 0 Å². The van der Waals surface area contributed by atoms with Crippen LogP contribution in [0, 0.1) is 23.7 Å². The van der Waals surface area contributed by atoms with Gasteiger partial charge in [0, 0.05) is 22.3 Å². The summed E-state index contributed by atoms with van der Waals surface area (Å²) >= 11 is 5.06. The van der Waals surface area contributed by atoms with Crippen LogP contribution in [-0.4, -0.2) is 0 Å². The van der Waals surface area contributed by atoms with Crippen molar-refractivity contribution < 1.29 is 0 Å². The fourth-order valence-corrected chi connectivity index (χ4v) is 2.12. The summed E-state index contributed by atoms with van der Waals surface area (Å²) < 4.78 is 0. The Bertz CT molecular complexity index is 897. The monoisotopic (exact) mass is 309 g/mol. The molecule has 0 unspecified atom stereocenters. The molecule has 23 heavy (non-hydrogen) atoms. The van der Waals surface area contributed by atoms with Crippen LogP contribution in [0.2, 0.25) is 0 Å². The van der Waals surface area contributed by atoms with E-state index in [0.717, 1.165) is 27.1 Å². The molecule has 0 aliphatic rings. The second-order valence-electron chi connectivity index (χ2n) is 4.97. The molecule has 0 fully saturated rings. The van der Waals surface area contributed by atoms with Crippen molar-refractivity contribution in [3.8, 4) is 23.7 Å². The van der Waals surface area contributed by atoms with Gasteiger partial charge < -0.3 is 12.6 Å². The van der Waals surface area contributed by atoms with E-state index in [0.29, 0.717) is 0 Å². The highest BCUT2D eigenvalue weighted by molar-refractivity contribution is 7.58. The third-order valence-corrected chi connectivity index (χ3v) is 3.49. The second kappa shape index (κ2) is 7.32. The minimum Gasteiger partial charge on any atom is -0.780 e. The van der Waals surface area contributed by atoms with Crippen LogP contribution in [0.15, 0.2) is 83.8 Å². The van der Waals surface area contributed by atoms with Gasteiger partial charge >= 0.3 is 0 Å². The number of hydrogen-bond acceptors (Lipinski definition) is 1. The Kier molecular flexibility index (Phi) is 4.75. The summed E-state index contributed by atoms with van der Waals surface area (Å²) in [4.78, 5) is 0.830. The number of rotatable bonds is 0. The molecule has 0 bridgehead atoms. The maximum absolute atomic E-state index is 5.06. The van der Waals surface area contributed by atoms with Crippen LogP contribution < -0.4 is 0 Å². The zero-order valence-corrected chi connectivity index (χ0v) is 13.2. The maximum Gasteiger partial charge on any atom is 0.0249 e. The minimum atomic E-state index is 0.830. The van der Waals surface area contributed by atoms with Gasteiger partial charge in [-0.1, -0.05) is 54.0 Å². The first-order valence-electron chi connectivity index (χ1n) is 7.26. The highest BCUT2D eigenvalue weighted by Crippen LogP contribution is 2.05. The molecule has 0 amide bonds. The van der Waals surface area contributed by atoms with Gasteiger partial charge in [0.1, 0.15) is 0 Å². The Morgan fingerprint density at radius 2 is 0.783 bits per heavy atom. The van der Waals surface area contributed by atoms with Gasteiger partial charge in [-0.25, -0.2) is 0 Å². The lowest BCUT2D eigenvalue weighted by molar-refractivity contribution is 1.45. The Morgan fingerprint density at radius 1 is 0.435 bits per heavy atom. The zero-order chi connectivity index (χ0) is 15.9. The van der Waals surface area contributed by atoms with Crippen LogP contribution in [0.1, 0.15) is 22.3 Å². The van der Waals surface area contributed by atoms with Crippen molar-refractivity contribution in [2.24, 2.45) is 0 Å². The van der Waals surface area contributed by atoms with Crippen LogP contribution >= 0.6 is 0 Å². The van der Waals surface area contributed by atoms with E-state index in [2.05, 4.69) is 23.7 Å². The maximum atomic E-state index is 5.06. The Labute approximate surface area is 142 Å². The van der Waals surface area contributed by atoms with Crippen LogP contribution in [0.25, 0.3) is 0 Å². The molecule has 1 heteroatoms. The molecule has 0 aromatic heterocycles. The van der Waals surface area contributed by atoms with Gasteiger partial charge in [0.25, 0.3) is 0 Å². The third-order valence-electron chi connectivity index (χ3n) is 3.22. The molecule has 0 spiro atoms. The van der Waals surface area contributed by atoms with Crippen molar-refractivity contribution >= 4 is 12.6 Å². The Hall–Kier alpha value is -3.00. The highest BCUT2D eigenvalue weighted by atomic mass is 32.1. The Balaban J connectivity index is 1.73. The van der Waals surface area contributed by atoms with E-state index in [4.69, 9.17) is 12.6 Å². The number of benzene rings is 3. The molecule has 108 valence electrons. The molecule has 0 heterocycles. The van der Waals surface area contributed by atoms with Gasteiger partial charge in [0.2, 0.25) is 0 Å². The van der Waals surface area contributed by atoms with E-state index in [1.165, 1.54) is 0 Å². The van der Waals surface area contributed by atoms with E-state index in [1.807, 2.05) is 78.9 Å². The SMILES string of the molecule is [S-]c1ccc(C#Cc2ccc(C#Cc3ccccc3)cc2)cc1. The van der Waals surface area contributed by atoms with Crippen LogP contribution in [0.3, 0.4) is 0 Å². The fourth-order valence-electron chi connectivity index (χ4n) is 1.99. The predicted molar refractivity (Wildman–Crippen MR) is 96.9 cm³/mol. The Morgan fingerprint density at radius 3 is 1.22 bits per heavy atom. The van der Waals surface area contributed by atoms with E-state index in [-0.39, 0.29) is 0 Å².